The van der Waals surface area contributed by atoms with E-state index >= 15 is 0 Å². The van der Waals surface area contributed by atoms with Crippen LogP contribution in [0.15, 0.2) is 12.7 Å². The van der Waals surface area contributed by atoms with Gasteiger partial charge in [-0.25, -0.2) is 15.0 Å². The van der Waals surface area contributed by atoms with E-state index in [0.717, 1.165) is 12.8 Å². The third kappa shape index (κ3) is 3.60. The van der Waals surface area contributed by atoms with Crippen molar-refractivity contribution >= 4 is 22.9 Å². The van der Waals surface area contributed by atoms with Gasteiger partial charge in [0.2, 0.25) is 0 Å². The Bertz CT molecular complexity index is 793. The zero-order valence-electron chi connectivity index (χ0n) is 15.7. The molecule has 1 aliphatic rings. The molecule has 148 valence electrons. The van der Waals surface area contributed by atoms with Crippen LogP contribution in [0.2, 0.25) is 0 Å². The molecule has 0 spiro atoms. The lowest BCUT2D eigenvalue weighted by atomic mass is 10.1. The Hall–Kier alpha value is -2.30. The molecule has 0 unspecified atom stereocenters. The molecule has 10 nitrogen and oxygen atoms in total. The Kier molecular flexibility index (Phi) is 5.88. The van der Waals surface area contributed by atoms with E-state index in [1.54, 1.807) is 6.92 Å². The minimum Gasteiger partial charge on any atom is -0.387 e. The van der Waals surface area contributed by atoms with Gasteiger partial charge in [-0.05, 0) is 19.8 Å². The van der Waals surface area contributed by atoms with Crippen LogP contribution in [-0.2, 0) is 9.53 Å². The summed E-state index contributed by atoms with van der Waals surface area (Å²) >= 11 is 0. The molecule has 1 saturated heterocycles. The van der Waals surface area contributed by atoms with Crippen LogP contribution in [-0.4, -0.2) is 66.5 Å². The quantitative estimate of drug-likeness (QED) is 0.536. The largest absolute Gasteiger partial charge is 0.387 e. The first-order chi connectivity index (χ1) is 13.0. The van der Waals surface area contributed by atoms with Gasteiger partial charge in [-0.15, -0.1) is 0 Å². The van der Waals surface area contributed by atoms with Gasteiger partial charge in [0.25, 0.3) is 5.91 Å². The summed E-state index contributed by atoms with van der Waals surface area (Å²) in [5, 5.41) is 26.6. The molecule has 10 heteroatoms. The van der Waals surface area contributed by atoms with E-state index in [4.69, 9.17) is 4.74 Å². The second-order valence-electron chi connectivity index (χ2n) is 6.53. The Labute approximate surface area is 157 Å². The number of hydrogen-bond donors (Lipinski definition) is 4. The summed E-state index contributed by atoms with van der Waals surface area (Å²) in [7, 11) is 0. The number of carbonyl (C=O) groups is 1. The summed E-state index contributed by atoms with van der Waals surface area (Å²) < 4.78 is 7.16. The van der Waals surface area contributed by atoms with Crippen LogP contribution in [0.4, 0.5) is 5.82 Å². The maximum Gasteiger partial charge on any atom is 0.252 e. The van der Waals surface area contributed by atoms with Crippen LogP contribution in [0.3, 0.4) is 0 Å². The van der Waals surface area contributed by atoms with Gasteiger partial charge in [-0.1, -0.05) is 13.8 Å². The number of anilines is 1. The molecular formula is C17H26N6O4. The lowest BCUT2D eigenvalue weighted by Crippen LogP contribution is -2.42. The van der Waals surface area contributed by atoms with Gasteiger partial charge in [-0.2, -0.15) is 0 Å². The van der Waals surface area contributed by atoms with Gasteiger partial charge in [-0.3, -0.25) is 9.36 Å². The molecule has 27 heavy (non-hydrogen) atoms. The Morgan fingerprint density at radius 1 is 1.22 bits per heavy atom. The molecule has 0 bridgehead atoms. The predicted octanol–water partition coefficient (Wildman–Crippen LogP) is 0.182. The van der Waals surface area contributed by atoms with E-state index in [0.29, 0.717) is 23.5 Å². The summed E-state index contributed by atoms with van der Waals surface area (Å²) in [6.45, 7) is 6.34. The number of nitrogens with zero attached hydrogens (tertiary/aromatic N) is 4. The topological polar surface area (TPSA) is 134 Å². The van der Waals surface area contributed by atoms with Gasteiger partial charge < -0.3 is 25.6 Å². The highest BCUT2D eigenvalue weighted by Crippen LogP contribution is 2.32. The van der Waals surface area contributed by atoms with Crippen molar-refractivity contribution in [3.8, 4) is 0 Å². The molecule has 4 atom stereocenters. The van der Waals surface area contributed by atoms with Gasteiger partial charge in [0.1, 0.15) is 18.5 Å². The van der Waals surface area contributed by atoms with Crippen molar-refractivity contribution in [2.24, 2.45) is 0 Å². The number of imidazole rings is 1. The van der Waals surface area contributed by atoms with E-state index in [-0.39, 0.29) is 6.04 Å². The number of ether oxygens (including phenoxy) is 1. The first-order valence-electron chi connectivity index (χ1n) is 9.25. The molecule has 0 radical (unpaired) electrons. The fourth-order valence-corrected chi connectivity index (χ4v) is 3.21. The number of likely N-dealkylation sites (N-methyl/N-ethyl adjacent to an activating group) is 1. The van der Waals surface area contributed by atoms with Crippen LogP contribution in [0.1, 0.15) is 39.8 Å². The number of nitrogens with one attached hydrogen (secondary N) is 2. The highest BCUT2D eigenvalue weighted by Gasteiger charge is 2.47. The molecule has 1 fully saturated rings. The van der Waals surface area contributed by atoms with Crippen LogP contribution in [0, 0.1) is 0 Å². The summed E-state index contributed by atoms with van der Waals surface area (Å²) in [6.07, 6.45) is -0.0212. The molecule has 3 heterocycles. The predicted molar refractivity (Wildman–Crippen MR) is 97.9 cm³/mol. The molecule has 2 aromatic rings. The number of amides is 1. The van der Waals surface area contributed by atoms with Gasteiger partial charge in [0.05, 0.1) is 6.33 Å². The van der Waals surface area contributed by atoms with Crippen molar-refractivity contribution in [1.82, 2.24) is 24.8 Å². The van der Waals surface area contributed by atoms with Crippen molar-refractivity contribution in [2.45, 2.75) is 64.2 Å². The lowest BCUT2D eigenvalue weighted by molar-refractivity contribution is -0.137. The highest BCUT2D eigenvalue weighted by atomic mass is 16.6. The van der Waals surface area contributed by atoms with Crippen molar-refractivity contribution in [3.63, 3.8) is 0 Å². The Balaban J connectivity index is 1.90. The summed E-state index contributed by atoms with van der Waals surface area (Å²) in [5.74, 6) is 0.127. The van der Waals surface area contributed by atoms with Crippen molar-refractivity contribution in [2.75, 3.05) is 11.9 Å². The van der Waals surface area contributed by atoms with E-state index in [2.05, 4.69) is 39.4 Å². The normalized spacial score (nSPS) is 25.3. The Morgan fingerprint density at radius 2 is 1.96 bits per heavy atom. The summed E-state index contributed by atoms with van der Waals surface area (Å²) in [4.78, 5) is 24.9. The van der Waals surface area contributed by atoms with Gasteiger partial charge >= 0.3 is 0 Å². The molecule has 0 saturated carbocycles. The maximum atomic E-state index is 12.1. The molecule has 4 N–H and O–H groups in total. The number of carbonyl (C=O) groups excluding carboxylic acids is 1. The van der Waals surface area contributed by atoms with E-state index in [9.17, 15) is 15.0 Å². The van der Waals surface area contributed by atoms with Crippen LogP contribution in [0.25, 0.3) is 11.2 Å². The van der Waals surface area contributed by atoms with E-state index in [1.807, 2.05) is 0 Å². The fraction of sp³-hybridized carbons (Fsp3) is 0.647. The van der Waals surface area contributed by atoms with Crippen molar-refractivity contribution in [1.29, 1.82) is 0 Å². The highest BCUT2D eigenvalue weighted by molar-refractivity contribution is 5.83. The molecule has 1 aliphatic heterocycles. The first-order valence-corrected chi connectivity index (χ1v) is 9.25. The molecule has 1 amide bonds. The summed E-state index contributed by atoms with van der Waals surface area (Å²) in [5.41, 5.74) is 0.988. The van der Waals surface area contributed by atoms with E-state index < -0.39 is 30.4 Å². The third-order valence-electron chi connectivity index (χ3n) is 4.81. The van der Waals surface area contributed by atoms with Crippen LogP contribution in [0.5, 0.6) is 0 Å². The zero-order chi connectivity index (χ0) is 19.6. The average Bonchev–Trinajstić information content (AvgIpc) is 3.22. The molecule has 0 aliphatic carbocycles. The second-order valence-corrected chi connectivity index (χ2v) is 6.53. The van der Waals surface area contributed by atoms with Gasteiger partial charge in [0.15, 0.2) is 29.3 Å². The number of fused-ring (bicyclic) bond motifs is 1. The number of aliphatic hydroxyl groups is 2. The second kappa shape index (κ2) is 8.15. The monoisotopic (exact) mass is 378 g/mol. The molecule has 3 rings (SSSR count). The molecule has 0 aromatic carbocycles. The Morgan fingerprint density at radius 3 is 2.63 bits per heavy atom. The number of aromatic nitrogens is 4. The summed E-state index contributed by atoms with van der Waals surface area (Å²) in [6, 6.07) is 0.255. The van der Waals surface area contributed by atoms with Crippen molar-refractivity contribution < 1.29 is 19.7 Å². The number of hydrogen-bond acceptors (Lipinski definition) is 8. The average molecular weight is 378 g/mol. The van der Waals surface area contributed by atoms with Crippen LogP contribution >= 0.6 is 0 Å². The smallest absolute Gasteiger partial charge is 0.252 e. The minimum absolute atomic E-state index is 0.255. The van der Waals surface area contributed by atoms with Crippen molar-refractivity contribution in [3.05, 3.63) is 12.7 Å². The fourth-order valence-electron chi connectivity index (χ4n) is 3.21. The SMILES string of the molecule is CCNC(=O)[C@H]1O[C@@H](n2cnc3c(NC(CC)CC)ncnc32)[C@H](O)[C@@H]1O. The standard InChI is InChI=1S/C17H26N6O4/c1-4-9(5-2)22-14-10-15(20-7-19-14)23(8-21-10)17-12(25)11(24)13(27-17)16(26)18-6-3/h7-9,11-13,17,24-25H,4-6H2,1-3H3,(H,18,26)(H,19,20,22)/t11-,12+,13-,17+/m0/s1. The number of rotatable bonds is 7. The maximum absolute atomic E-state index is 12.1. The molecular weight excluding hydrogens is 352 g/mol. The third-order valence-corrected chi connectivity index (χ3v) is 4.81. The van der Waals surface area contributed by atoms with E-state index in [1.165, 1.54) is 17.2 Å². The lowest BCUT2D eigenvalue weighted by Gasteiger charge is -2.17. The minimum atomic E-state index is -1.34. The van der Waals surface area contributed by atoms with Crippen LogP contribution < -0.4 is 10.6 Å². The molecule has 2 aromatic heterocycles. The first kappa shape index (κ1) is 19.5. The van der Waals surface area contributed by atoms with Gasteiger partial charge in [0, 0.05) is 12.6 Å². The number of aliphatic hydroxyl groups excluding tert-OH is 2. The zero-order valence-corrected chi connectivity index (χ0v) is 15.7.